The predicted molar refractivity (Wildman–Crippen MR) is 71.0 cm³/mol. The van der Waals surface area contributed by atoms with Crippen LogP contribution in [0.15, 0.2) is 0 Å². The molecule has 2 rings (SSSR count). The number of hydrogen-bond donors (Lipinski definition) is 1. The van der Waals surface area contributed by atoms with E-state index < -0.39 is 12.0 Å². The number of likely N-dealkylation sites (N-methyl/N-ethyl adjacent to an activating group) is 1. The highest BCUT2D eigenvalue weighted by atomic mass is 16.4. The van der Waals surface area contributed by atoms with Crippen molar-refractivity contribution in [3.63, 3.8) is 0 Å². The molecule has 19 heavy (non-hydrogen) atoms. The fourth-order valence-electron chi connectivity index (χ4n) is 2.99. The molecule has 2 aliphatic rings. The van der Waals surface area contributed by atoms with Gasteiger partial charge in [0.05, 0.1) is 0 Å². The van der Waals surface area contributed by atoms with Gasteiger partial charge >= 0.3 is 12.0 Å². The number of amides is 2. The first-order chi connectivity index (χ1) is 8.91. The molecule has 2 aliphatic heterocycles. The second-order valence-electron chi connectivity index (χ2n) is 5.74. The molecule has 0 aromatic heterocycles. The van der Waals surface area contributed by atoms with E-state index in [4.69, 9.17) is 5.11 Å². The van der Waals surface area contributed by atoms with Gasteiger partial charge in [-0.25, -0.2) is 9.59 Å². The Bertz CT molecular complexity index is 362. The summed E-state index contributed by atoms with van der Waals surface area (Å²) in [7, 11) is 2.06. The predicted octanol–water partition coefficient (Wildman–Crippen LogP) is 0.680. The van der Waals surface area contributed by atoms with E-state index in [2.05, 4.69) is 25.8 Å². The monoisotopic (exact) mass is 269 g/mol. The molecule has 1 N–H and O–H groups in total. The molecular weight excluding hydrogens is 246 g/mol. The van der Waals surface area contributed by atoms with Gasteiger partial charge in [0.1, 0.15) is 6.04 Å². The maximum Gasteiger partial charge on any atom is 0.326 e. The van der Waals surface area contributed by atoms with Crippen molar-refractivity contribution in [3.8, 4) is 0 Å². The van der Waals surface area contributed by atoms with Gasteiger partial charge in [-0.3, -0.25) is 4.90 Å². The van der Waals surface area contributed by atoms with E-state index in [0.717, 1.165) is 6.42 Å². The van der Waals surface area contributed by atoms with Crippen molar-refractivity contribution in [3.05, 3.63) is 0 Å². The molecule has 0 aromatic carbocycles. The molecule has 0 saturated carbocycles. The summed E-state index contributed by atoms with van der Waals surface area (Å²) in [5.74, 6) is -0.888. The molecule has 108 valence electrons. The summed E-state index contributed by atoms with van der Waals surface area (Å²) < 4.78 is 0. The zero-order valence-electron chi connectivity index (χ0n) is 11.9. The van der Waals surface area contributed by atoms with Crippen LogP contribution in [0.2, 0.25) is 0 Å². The van der Waals surface area contributed by atoms with Crippen molar-refractivity contribution in [1.82, 2.24) is 14.7 Å². The number of aliphatic carboxylic acids is 1. The topological polar surface area (TPSA) is 64.1 Å². The quantitative estimate of drug-likeness (QED) is 0.760. The molecule has 2 amide bonds. The minimum Gasteiger partial charge on any atom is -0.480 e. The van der Waals surface area contributed by atoms with Crippen LogP contribution in [0, 0.1) is 0 Å². The smallest absolute Gasteiger partial charge is 0.326 e. The van der Waals surface area contributed by atoms with Gasteiger partial charge in [-0.1, -0.05) is 0 Å². The highest BCUT2D eigenvalue weighted by molar-refractivity contribution is 5.83. The maximum absolute atomic E-state index is 12.5. The van der Waals surface area contributed by atoms with Gasteiger partial charge in [0.15, 0.2) is 0 Å². The van der Waals surface area contributed by atoms with E-state index >= 15 is 0 Å². The number of carboxylic acids is 1. The van der Waals surface area contributed by atoms with Crippen LogP contribution in [0.3, 0.4) is 0 Å². The Kier molecular flexibility index (Phi) is 3.99. The van der Waals surface area contributed by atoms with Crippen LogP contribution in [0.4, 0.5) is 4.79 Å². The van der Waals surface area contributed by atoms with Crippen molar-refractivity contribution in [1.29, 1.82) is 0 Å². The van der Waals surface area contributed by atoms with Crippen molar-refractivity contribution in [2.75, 3.05) is 26.7 Å². The third-order valence-electron chi connectivity index (χ3n) is 4.41. The molecule has 3 unspecified atom stereocenters. The van der Waals surface area contributed by atoms with E-state index in [-0.39, 0.29) is 6.03 Å². The fraction of sp³-hybridized carbons (Fsp3) is 0.846. The van der Waals surface area contributed by atoms with E-state index in [1.54, 1.807) is 4.90 Å². The molecule has 6 nitrogen and oxygen atoms in total. The lowest BCUT2D eigenvalue weighted by Gasteiger charge is -2.43. The Balaban J connectivity index is 2.05. The first-order valence-electron chi connectivity index (χ1n) is 6.92. The third-order valence-corrected chi connectivity index (χ3v) is 4.41. The average Bonchev–Trinajstić information content (AvgIpc) is 2.83. The molecule has 3 atom stereocenters. The largest absolute Gasteiger partial charge is 0.480 e. The third kappa shape index (κ3) is 2.68. The van der Waals surface area contributed by atoms with Crippen LogP contribution < -0.4 is 0 Å². The lowest BCUT2D eigenvalue weighted by atomic mass is 10.1. The first-order valence-corrected chi connectivity index (χ1v) is 6.92. The van der Waals surface area contributed by atoms with Crippen LogP contribution in [-0.2, 0) is 4.79 Å². The van der Waals surface area contributed by atoms with E-state index in [1.165, 1.54) is 4.90 Å². The summed E-state index contributed by atoms with van der Waals surface area (Å²) in [5, 5.41) is 9.16. The SMILES string of the molecule is CC1CN(C(=O)N2CCCC2C(=O)O)CC(C)N1C. The molecule has 2 fully saturated rings. The molecule has 2 heterocycles. The Morgan fingerprint density at radius 2 is 1.74 bits per heavy atom. The van der Waals surface area contributed by atoms with Gasteiger partial charge in [-0.05, 0) is 33.7 Å². The summed E-state index contributed by atoms with van der Waals surface area (Å²) in [4.78, 5) is 29.2. The number of nitrogens with zero attached hydrogens (tertiary/aromatic N) is 3. The Hall–Kier alpha value is -1.30. The van der Waals surface area contributed by atoms with Crippen molar-refractivity contribution < 1.29 is 14.7 Å². The number of piperazine rings is 1. The Labute approximate surface area is 114 Å². The average molecular weight is 269 g/mol. The number of hydrogen-bond acceptors (Lipinski definition) is 3. The highest BCUT2D eigenvalue weighted by Crippen LogP contribution is 2.22. The molecule has 0 radical (unpaired) electrons. The molecule has 0 bridgehead atoms. The van der Waals surface area contributed by atoms with Gasteiger partial charge < -0.3 is 14.9 Å². The molecule has 6 heteroatoms. The lowest BCUT2D eigenvalue weighted by molar-refractivity contribution is -0.141. The van der Waals surface area contributed by atoms with Crippen LogP contribution in [0.5, 0.6) is 0 Å². The second-order valence-corrected chi connectivity index (χ2v) is 5.74. The summed E-state index contributed by atoms with van der Waals surface area (Å²) in [6, 6.07) is -0.147. The standard InChI is InChI=1S/C13H23N3O3/c1-9-7-15(8-10(2)14(9)3)13(19)16-6-4-5-11(16)12(17)18/h9-11H,4-8H2,1-3H3,(H,17,18). The molecule has 0 aliphatic carbocycles. The number of carbonyl (C=O) groups is 2. The van der Waals surface area contributed by atoms with E-state index in [0.29, 0.717) is 38.1 Å². The van der Waals surface area contributed by atoms with Crippen molar-refractivity contribution in [2.45, 2.75) is 44.8 Å². The second kappa shape index (κ2) is 5.36. The minimum atomic E-state index is -0.888. The summed E-state index contributed by atoms with van der Waals surface area (Å²) in [6.45, 7) is 6.08. The van der Waals surface area contributed by atoms with Gasteiger partial charge in [0.2, 0.25) is 0 Å². The number of rotatable bonds is 1. The van der Waals surface area contributed by atoms with Crippen LogP contribution in [-0.4, -0.2) is 76.6 Å². The maximum atomic E-state index is 12.5. The van der Waals surface area contributed by atoms with Gasteiger partial charge in [-0.2, -0.15) is 0 Å². The number of carbonyl (C=O) groups excluding carboxylic acids is 1. The summed E-state index contributed by atoms with van der Waals surface area (Å²) >= 11 is 0. The lowest BCUT2D eigenvalue weighted by Crippen LogP contribution is -2.59. The Morgan fingerprint density at radius 1 is 1.16 bits per heavy atom. The number of urea groups is 1. The van der Waals surface area contributed by atoms with E-state index in [9.17, 15) is 9.59 Å². The molecule has 2 saturated heterocycles. The normalized spacial score (nSPS) is 32.7. The van der Waals surface area contributed by atoms with Crippen molar-refractivity contribution >= 4 is 12.0 Å². The number of likely N-dealkylation sites (tertiary alicyclic amines) is 1. The molecular formula is C13H23N3O3. The van der Waals surface area contributed by atoms with Crippen LogP contribution in [0.1, 0.15) is 26.7 Å². The zero-order chi connectivity index (χ0) is 14.2. The van der Waals surface area contributed by atoms with Gasteiger partial charge in [0, 0.05) is 31.7 Å². The van der Waals surface area contributed by atoms with Crippen molar-refractivity contribution in [2.24, 2.45) is 0 Å². The first kappa shape index (κ1) is 14.1. The molecule has 0 spiro atoms. The summed E-state index contributed by atoms with van der Waals surface area (Å²) in [5.41, 5.74) is 0. The number of carboxylic acid groups (broad SMARTS) is 1. The van der Waals surface area contributed by atoms with Crippen LogP contribution in [0.25, 0.3) is 0 Å². The summed E-state index contributed by atoms with van der Waals surface area (Å²) in [6.07, 6.45) is 1.35. The van der Waals surface area contributed by atoms with Gasteiger partial charge in [0.25, 0.3) is 0 Å². The van der Waals surface area contributed by atoms with Crippen LogP contribution >= 0.6 is 0 Å². The van der Waals surface area contributed by atoms with E-state index in [1.807, 2.05) is 0 Å². The fourth-order valence-corrected chi connectivity index (χ4v) is 2.99. The van der Waals surface area contributed by atoms with Gasteiger partial charge in [-0.15, -0.1) is 0 Å². The highest BCUT2D eigenvalue weighted by Gasteiger charge is 2.38. The zero-order valence-corrected chi connectivity index (χ0v) is 11.9. The Morgan fingerprint density at radius 3 is 2.26 bits per heavy atom. The minimum absolute atomic E-state index is 0.114. The molecule has 0 aromatic rings.